The van der Waals surface area contributed by atoms with E-state index in [0.29, 0.717) is 6.04 Å². The minimum atomic E-state index is 0.233. The van der Waals surface area contributed by atoms with Gasteiger partial charge in [-0.3, -0.25) is 9.88 Å². The maximum absolute atomic E-state index is 9.15. The second kappa shape index (κ2) is 4.80. The zero-order valence-electron chi connectivity index (χ0n) is 9.93. The van der Waals surface area contributed by atoms with Gasteiger partial charge in [-0.05, 0) is 32.6 Å². The van der Waals surface area contributed by atoms with E-state index in [-0.39, 0.29) is 5.75 Å². The summed E-state index contributed by atoms with van der Waals surface area (Å²) in [5.41, 5.74) is 1.03. The van der Waals surface area contributed by atoms with Crippen LogP contribution in [-0.2, 0) is 6.54 Å². The number of rotatable bonds is 3. The van der Waals surface area contributed by atoms with Crippen LogP contribution in [0.3, 0.4) is 0 Å². The van der Waals surface area contributed by atoms with Crippen LogP contribution in [0.25, 0.3) is 0 Å². The Balaban J connectivity index is 1.89. The molecule has 0 radical (unpaired) electrons. The Morgan fingerprint density at radius 1 is 1.50 bits per heavy atom. The second-order valence-electron chi connectivity index (χ2n) is 4.65. The van der Waals surface area contributed by atoms with Gasteiger partial charge in [0.2, 0.25) is 0 Å². The van der Waals surface area contributed by atoms with E-state index in [9.17, 15) is 0 Å². The monoisotopic (exact) mass is 221 g/mol. The van der Waals surface area contributed by atoms with Crippen molar-refractivity contribution in [3.63, 3.8) is 0 Å². The maximum Gasteiger partial charge on any atom is 0.133 e. The van der Waals surface area contributed by atoms with Gasteiger partial charge in [-0.1, -0.05) is 0 Å². The number of likely N-dealkylation sites (tertiary alicyclic amines) is 1. The van der Waals surface area contributed by atoms with E-state index >= 15 is 0 Å². The van der Waals surface area contributed by atoms with E-state index in [4.69, 9.17) is 5.11 Å². The predicted octanol–water partition coefficient (Wildman–Crippen LogP) is 0.923. The minimum Gasteiger partial charge on any atom is -0.506 e. The molecule has 1 saturated heterocycles. The Morgan fingerprint density at radius 3 is 2.88 bits per heavy atom. The van der Waals surface area contributed by atoms with Crippen LogP contribution < -0.4 is 0 Å². The molecule has 0 spiro atoms. The number of nitrogens with zero attached hydrogens (tertiary/aromatic N) is 3. The van der Waals surface area contributed by atoms with Crippen molar-refractivity contribution in [2.24, 2.45) is 0 Å². The number of hydrogen-bond acceptors (Lipinski definition) is 4. The Kier molecular flexibility index (Phi) is 3.41. The first-order valence-corrected chi connectivity index (χ1v) is 5.68. The van der Waals surface area contributed by atoms with Crippen molar-refractivity contribution in [1.82, 2.24) is 14.8 Å². The average molecular weight is 221 g/mol. The summed E-state index contributed by atoms with van der Waals surface area (Å²) in [7, 11) is 4.26. The molecule has 4 nitrogen and oxygen atoms in total. The van der Waals surface area contributed by atoms with Crippen LogP contribution in [0.15, 0.2) is 18.3 Å². The first-order valence-electron chi connectivity index (χ1n) is 5.68. The minimum absolute atomic E-state index is 0.233. The summed E-state index contributed by atoms with van der Waals surface area (Å²) in [6, 6.07) is 4.25. The van der Waals surface area contributed by atoms with Gasteiger partial charge in [0.1, 0.15) is 5.75 Å². The van der Waals surface area contributed by atoms with Crippen molar-refractivity contribution in [3.05, 3.63) is 24.0 Å². The van der Waals surface area contributed by atoms with E-state index in [1.165, 1.54) is 12.6 Å². The van der Waals surface area contributed by atoms with Crippen molar-refractivity contribution in [3.8, 4) is 5.75 Å². The number of pyridine rings is 1. The molecule has 1 aliphatic heterocycles. The van der Waals surface area contributed by atoms with Gasteiger partial charge >= 0.3 is 0 Å². The SMILES string of the molecule is CN(C)C1CCN(Cc2ccc(O)cn2)C1. The third-order valence-electron chi connectivity index (χ3n) is 3.17. The fourth-order valence-corrected chi connectivity index (χ4v) is 2.12. The molecule has 0 amide bonds. The van der Waals surface area contributed by atoms with Crippen molar-refractivity contribution < 1.29 is 5.11 Å². The van der Waals surface area contributed by atoms with Gasteiger partial charge in [0.05, 0.1) is 11.9 Å². The lowest BCUT2D eigenvalue weighted by Crippen LogP contribution is -2.31. The summed E-state index contributed by atoms with van der Waals surface area (Å²) in [6.45, 7) is 3.12. The van der Waals surface area contributed by atoms with E-state index < -0.39 is 0 Å². The number of aromatic nitrogens is 1. The first kappa shape index (κ1) is 11.4. The fraction of sp³-hybridized carbons (Fsp3) is 0.583. The highest BCUT2D eigenvalue weighted by Gasteiger charge is 2.23. The molecule has 1 aromatic rings. The lowest BCUT2D eigenvalue weighted by Gasteiger charge is -2.20. The molecule has 0 aromatic carbocycles. The molecule has 2 heterocycles. The summed E-state index contributed by atoms with van der Waals surface area (Å²) in [5, 5.41) is 9.15. The van der Waals surface area contributed by atoms with Gasteiger partial charge in [0, 0.05) is 25.7 Å². The highest BCUT2D eigenvalue weighted by molar-refractivity contribution is 5.17. The van der Waals surface area contributed by atoms with Crippen LogP contribution in [0.1, 0.15) is 12.1 Å². The smallest absolute Gasteiger partial charge is 0.133 e. The molecule has 1 fully saturated rings. The number of aromatic hydroxyl groups is 1. The lowest BCUT2D eigenvalue weighted by atomic mass is 10.2. The largest absolute Gasteiger partial charge is 0.506 e. The van der Waals surface area contributed by atoms with Gasteiger partial charge in [0.15, 0.2) is 0 Å². The zero-order valence-corrected chi connectivity index (χ0v) is 9.93. The summed E-state index contributed by atoms with van der Waals surface area (Å²) in [5.74, 6) is 0.233. The molecular weight excluding hydrogens is 202 g/mol. The van der Waals surface area contributed by atoms with Gasteiger partial charge in [0.25, 0.3) is 0 Å². The molecule has 1 N–H and O–H groups in total. The van der Waals surface area contributed by atoms with Crippen molar-refractivity contribution >= 4 is 0 Å². The Hall–Kier alpha value is -1.13. The van der Waals surface area contributed by atoms with Gasteiger partial charge in [-0.2, -0.15) is 0 Å². The Bertz CT molecular complexity index is 337. The van der Waals surface area contributed by atoms with Crippen molar-refractivity contribution in [1.29, 1.82) is 0 Å². The molecule has 1 aromatic heterocycles. The van der Waals surface area contributed by atoms with E-state index in [1.807, 2.05) is 6.07 Å². The summed E-state index contributed by atoms with van der Waals surface area (Å²) >= 11 is 0. The molecule has 88 valence electrons. The maximum atomic E-state index is 9.15. The number of likely N-dealkylation sites (N-methyl/N-ethyl adjacent to an activating group) is 1. The third kappa shape index (κ3) is 2.71. The van der Waals surface area contributed by atoms with Gasteiger partial charge < -0.3 is 10.0 Å². The molecular formula is C12H19N3O. The normalized spacial score (nSPS) is 21.8. The third-order valence-corrected chi connectivity index (χ3v) is 3.17. The lowest BCUT2D eigenvalue weighted by molar-refractivity contribution is 0.263. The highest BCUT2D eigenvalue weighted by atomic mass is 16.3. The van der Waals surface area contributed by atoms with Crippen LogP contribution in [0.5, 0.6) is 5.75 Å². The van der Waals surface area contributed by atoms with Crippen LogP contribution in [0.4, 0.5) is 0 Å². The van der Waals surface area contributed by atoms with Gasteiger partial charge in [-0.15, -0.1) is 0 Å². The summed E-state index contributed by atoms with van der Waals surface area (Å²) in [4.78, 5) is 8.90. The van der Waals surface area contributed by atoms with E-state index in [1.54, 1.807) is 6.07 Å². The molecule has 1 unspecified atom stereocenters. The van der Waals surface area contributed by atoms with Crippen LogP contribution in [0, 0.1) is 0 Å². The highest BCUT2D eigenvalue weighted by Crippen LogP contribution is 2.16. The molecule has 2 rings (SSSR count). The first-order chi connectivity index (χ1) is 7.65. The van der Waals surface area contributed by atoms with Crippen molar-refractivity contribution in [2.45, 2.75) is 19.0 Å². The van der Waals surface area contributed by atoms with Crippen LogP contribution in [-0.4, -0.2) is 53.1 Å². The molecule has 1 atom stereocenters. The molecule has 1 aliphatic rings. The molecule has 0 bridgehead atoms. The summed E-state index contributed by atoms with van der Waals surface area (Å²) in [6.07, 6.45) is 2.74. The summed E-state index contributed by atoms with van der Waals surface area (Å²) < 4.78 is 0. The average Bonchev–Trinajstić information content (AvgIpc) is 2.70. The number of hydrogen-bond donors (Lipinski definition) is 1. The Labute approximate surface area is 96.5 Å². The fourth-order valence-electron chi connectivity index (χ4n) is 2.12. The standard InChI is InChI=1S/C12H19N3O/c1-14(2)11-5-6-15(9-11)8-10-3-4-12(16)7-13-10/h3-4,7,11,16H,5-6,8-9H2,1-2H3. The quantitative estimate of drug-likeness (QED) is 0.824. The topological polar surface area (TPSA) is 39.6 Å². The molecule has 0 aliphatic carbocycles. The van der Waals surface area contributed by atoms with Crippen LogP contribution in [0.2, 0.25) is 0 Å². The van der Waals surface area contributed by atoms with Crippen molar-refractivity contribution in [2.75, 3.05) is 27.2 Å². The van der Waals surface area contributed by atoms with Gasteiger partial charge in [-0.25, -0.2) is 0 Å². The molecule has 4 heteroatoms. The van der Waals surface area contributed by atoms with E-state index in [0.717, 1.165) is 25.3 Å². The van der Waals surface area contributed by atoms with E-state index in [2.05, 4.69) is 28.9 Å². The Morgan fingerprint density at radius 2 is 2.31 bits per heavy atom. The molecule has 0 saturated carbocycles. The zero-order chi connectivity index (χ0) is 11.5. The second-order valence-corrected chi connectivity index (χ2v) is 4.65. The van der Waals surface area contributed by atoms with Crippen LogP contribution >= 0.6 is 0 Å². The predicted molar refractivity (Wildman–Crippen MR) is 63.3 cm³/mol. The molecule has 16 heavy (non-hydrogen) atoms.